The Morgan fingerprint density at radius 1 is 1.24 bits per heavy atom. The predicted molar refractivity (Wildman–Crippen MR) is 93.1 cm³/mol. The molecule has 0 radical (unpaired) electrons. The molecule has 0 aliphatic rings. The van der Waals surface area contributed by atoms with E-state index in [1.807, 2.05) is 36.4 Å². The molecule has 0 heterocycles. The van der Waals surface area contributed by atoms with Gasteiger partial charge >= 0.3 is 0 Å². The number of nitrogens with zero attached hydrogens (tertiary/aromatic N) is 1. The van der Waals surface area contributed by atoms with E-state index in [2.05, 4.69) is 22.6 Å². The third kappa shape index (κ3) is 4.89. The van der Waals surface area contributed by atoms with Gasteiger partial charge in [0.2, 0.25) is 0 Å². The van der Waals surface area contributed by atoms with Crippen LogP contribution in [-0.2, 0) is 0 Å². The molecule has 0 spiro atoms. The number of amides is 1. The van der Waals surface area contributed by atoms with Crippen molar-refractivity contribution in [1.29, 1.82) is 0 Å². The predicted octanol–water partition coefficient (Wildman–Crippen LogP) is 4.10. The fraction of sp³-hybridized carbons (Fsp3) is 0.188. The number of hydrogen-bond acceptors (Lipinski definition) is 2. The normalized spacial score (nSPS) is 10.2. The first-order valence-corrected chi connectivity index (χ1v) is 7.91. The molecule has 0 saturated heterocycles. The first-order chi connectivity index (χ1) is 10.1. The summed E-state index contributed by atoms with van der Waals surface area (Å²) in [5, 5.41) is 0.674. The fourth-order valence-electron chi connectivity index (χ4n) is 1.77. The van der Waals surface area contributed by atoms with Gasteiger partial charge in [-0.15, -0.1) is 0 Å². The Hall–Kier alpha value is -1.27. The fourth-order valence-corrected chi connectivity index (χ4v) is 2.44. The molecule has 2 rings (SSSR count). The van der Waals surface area contributed by atoms with Crippen LogP contribution in [0.15, 0.2) is 48.5 Å². The molecule has 110 valence electrons. The van der Waals surface area contributed by atoms with Crippen LogP contribution < -0.4 is 4.74 Å². The van der Waals surface area contributed by atoms with Crippen LogP contribution in [0, 0.1) is 3.57 Å². The smallest absolute Gasteiger partial charge is 0.253 e. The van der Waals surface area contributed by atoms with Crippen molar-refractivity contribution in [2.75, 3.05) is 20.2 Å². The van der Waals surface area contributed by atoms with Crippen molar-refractivity contribution in [2.45, 2.75) is 0 Å². The average Bonchev–Trinajstić information content (AvgIpc) is 2.48. The molecule has 0 aliphatic carbocycles. The average molecular weight is 416 g/mol. The largest absolute Gasteiger partial charge is 0.492 e. The van der Waals surface area contributed by atoms with E-state index in [4.69, 9.17) is 16.3 Å². The van der Waals surface area contributed by atoms with E-state index in [9.17, 15) is 4.79 Å². The summed E-state index contributed by atoms with van der Waals surface area (Å²) in [5.74, 6) is 0.739. The number of rotatable bonds is 5. The van der Waals surface area contributed by atoms with Crippen LogP contribution in [0.5, 0.6) is 5.75 Å². The number of benzene rings is 2. The topological polar surface area (TPSA) is 29.5 Å². The first-order valence-electron chi connectivity index (χ1n) is 6.45. The van der Waals surface area contributed by atoms with E-state index < -0.39 is 0 Å². The van der Waals surface area contributed by atoms with Gasteiger partial charge in [0.1, 0.15) is 12.4 Å². The molecular weight excluding hydrogens is 401 g/mol. The Kier molecular flexibility index (Phi) is 5.87. The number of ether oxygens (including phenoxy) is 1. The van der Waals surface area contributed by atoms with Gasteiger partial charge in [-0.25, -0.2) is 0 Å². The van der Waals surface area contributed by atoms with Gasteiger partial charge in [0, 0.05) is 21.2 Å². The zero-order valence-corrected chi connectivity index (χ0v) is 14.5. The molecule has 0 N–H and O–H groups in total. The first kappa shape index (κ1) is 16.1. The minimum absolute atomic E-state index is 0.00628. The maximum absolute atomic E-state index is 12.2. The molecule has 5 heteroatoms. The molecule has 0 fully saturated rings. The molecule has 0 aliphatic heterocycles. The lowest BCUT2D eigenvalue weighted by Crippen LogP contribution is -2.30. The Balaban J connectivity index is 1.85. The van der Waals surface area contributed by atoms with Gasteiger partial charge in [0.05, 0.1) is 6.54 Å². The zero-order valence-electron chi connectivity index (χ0n) is 11.6. The van der Waals surface area contributed by atoms with Crippen LogP contribution in [-0.4, -0.2) is 31.0 Å². The molecule has 0 unspecified atom stereocenters. The quantitative estimate of drug-likeness (QED) is 0.688. The van der Waals surface area contributed by atoms with E-state index in [1.165, 1.54) is 0 Å². The van der Waals surface area contributed by atoms with E-state index in [0.717, 1.165) is 9.32 Å². The summed E-state index contributed by atoms with van der Waals surface area (Å²) in [6, 6.07) is 14.7. The molecular formula is C16H15ClINO2. The summed E-state index contributed by atoms with van der Waals surface area (Å²) in [5.41, 5.74) is 0.691. The number of hydrogen-bond donors (Lipinski definition) is 0. The second-order valence-corrected chi connectivity index (χ2v) is 6.22. The summed E-state index contributed by atoms with van der Waals surface area (Å²) in [6.07, 6.45) is 0. The van der Waals surface area contributed by atoms with Gasteiger partial charge in [-0.1, -0.05) is 17.7 Å². The van der Waals surface area contributed by atoms with Crippen LogP contribution in [0.3, 0.4) is 0 Å². The molecule has 21 heavy (non-hydrogen) atoms. The Morgan fingerprint density at radius 3 is 2.62 bits per heavy atom. The highest BCUT2D eigenvalue weighted by molar-refractivity contribution is 14.1. The van der Waals surface area contributed by atoms with Crippen molar-refractivity contribution in [2.24, 2.45) is 0 Å². The number of carbonyl (C=O) groups excluding carboxylic acids is 1. The summed E-state index contributed by atoms with van der Waals surface area (Å²) in [7, 11) is 1.77. The van der Waals surface area contributed by atoms with E-state index in [1.54, 1.807) is 24.1 Å². The molecule has 2 aromatic rings. The van der Waals surface area contributed by atoms with Crippen LogP contribution in [0.25, 0.3) is 0 Å². The van der Waals surface area contributed by atoms with Crippen LogP contribution in [0.2, 0.25) is 5.02 Å². The molecule has 0 aromatic heterocycles. The minimum Gasteiger partial charge on any atom is -0.492 e. The Bertz CT molecular complexity index is 616. The molecule has 2 aromatic carbocycles. The second-order valence-electron chi connectivity index (χ2n) is 4.54. The number of carbonyl (C=O) groups is 1. The Labute approximate surface area is 143 Å². The molecule has 3 nitrogen and oxygen atoms in total. The lowest BCUT2D eigenvalue weighted by atomic mass is 10.2. The molecule has 0 atom stereocenters. The van der Waals surface area contributed by atoms with E-state index >= 15 is 0 Å². The van der Waals surface area contributed by atoms with Crippen molar-refractivity contribution < 1.29 is 9.53 Å². The summed E-state index contributed by atoms with van der Waals surface area (Å²) in [4.78, 5) is 13.9. The second kappa shape index (κ2) is 7.66. The van der Waals surface area contributed by atoms with Crippen LogP contribution in [0.4, 0.5) is 0 Å². The Morgan fingerprint density at radius 2 is 1.95 bits per heavy atom. The number of likely N-dealkylation sites (N-methyl/N-ethyl adjacent to an activating group) is 1. The zero-order chi connectivity index (χ0) is 15.2. The van der Waals surface area contributed by atoms with Crippen molar-refractivity contribution in [3.05, 3.63) is 62.7 Å². The highest BCUT2D eigenvalue weighted by atomic mass is 127. The maximum Gasteiger partial charge on any atom is 0.253 e. The van der Waals surface area contributed by atoms with Gasteiger partial charge in [-0.2, -0.15) is 0 Å². The van der Waals surface area contributed by atoms with Gasteiger partial charge < -0.3 is 9.64 Å². The van der Waals surface area contributed by atoms with Crippen LogP contribution >= 0.6 is 34.2 Å². The molecule has 1 amide bonds. The standard InChI is InChI=1S/C16H15ClINO2/c1-19(16(20)12-3-2-4-14(18)11-12)9-10-21-15-7-5-13(17)6-8-15/h2-8,11H,9-10H2,1H3. The van der Waals surface area contributed by atoms with Crippen molar-refractivity contribution in [3.8, 4) is 5.75 Å². The van der Waals surface area contributed by atoms with E-state index in [-0.39, 0.29) is 5.91 Å². The van der Waals surface area contributed by atoms with Gasteiger partial charge in [-0.05, 0) is 65.1 Å². The highest BCUT2D eigenvalue weighted by Gasteiger charge is 2.11. The van der Waals surface area contributed by atoms with Gasteiger partial charge in [0.15, 0.2) is 0 Å². The van der Waals surface area contributed by atoms with Crippen molar-refractivity contribution in [1.82, 2.24) is 4.90 Å². The monoisotopic (exact) mass is 415 g/mol. The summed E-state index contributed by atoms with van der Waals surface area (Å²) >= 11 is 8.00. The molecule has 0 bridgehead atoms. The third-order valence-corrected chi connectivity index (χ3v) is 3.85. The lowest BCUT2D eigenvalue weighted by Gasteiger charge is -2.17. The van der Waals surface area contributed by atoms with Gasteiger partial charge in [-0.3, -0.25) is 4.79 Å². The SMILES string of the molecule is CN(CCOc1ccc(Cl)cc1)C(=O)c1cccc(I)c1. The summed E-state index contributed by atoms with van der Waals surface area (Å²) in [6.45, 7) is 0.959. The molecule has 0 saturated carbocycles. The lowest BCUT2D eigenvalue weighted by molar-refractivity contribution is 0.0773. The van der Waals surface area contributed by atoms with Gasteiger partial charge in [0.25, 0.3) is 5.91 Å². The van der Waals surface area contributed by atoms with Crippen LogP contribution in [0.1, 0.15) is 10.4 Å². The maximum atomic E-state index is 12.2. The third-order valence-electron chi connectivity index (χ3n) is 2.93. The minimum atomic E-state index is -0.00628. The highest BCUT2D eigenvalue weighted by Crippen LogP contribution is 2.15. The summed E-state index contributed by atoms with van der Waals surface area (Å²) < 4.78 is 6.63. The van der Waals surface area contributed by atoms with E-state index in [0.29, 0.717) is 23.7 Å². The van der Waals surface area contributed by atoms with Crippen molar-refractivity contribution >= 4 is 40.1 Å². The number of halogens is 2. The van der Waals surface area contributed by atoms with Crippen molar-refractivity contribution in [3.63, 3.8) is 0 Å².